The lowest BCUT2D eigenvalue weighted by molar-refractivity contribution is 1.46. The fourth-order valence-electron chi connectivity index (χ4n) is 3.39. The molecule has 0 saturated carbocycles. The number of hydrogen-bond acceptors (Lipinski definition) is 2. The number of benzene rings is 4. The molecule has 0 atom stereocenters. The van der Waals surface area contributed by atoms with Gasteiger partial charge in [-0.1, -0.05) is 97.1 Å². The summed E-state index contributed by atoms with van der Waals surface area (Å²) in [7, 11) is 0. The van der Waals surface area contributed by atoms with E-state index in [9.17, 15) is 0 Å². The molecule has 0 heterocycles. The molecule has 0 unspecified atom stereocenters. The van der Waals surface area contributed by atoms with Gasteiger partial charge >= 0.3 is 0 Å². The Morgan fingerprint density at radius 3 is 1.17 bits per heavy atom. The Hall–Kier alpha value is -3.78. The molecule has 30 heavy (non-hydrogen) atoms. The lowest BCUT2D eigenvalue weighted by Gasteiger charge is -2.09. The van der Waals surface area contributed by atoms with Gasteiger partial charge in [0.2, 0.25) is 0 Å². The van der Waals surface area contributed by atoms with Gasteiger partial charge in [0.05, 0.1) is 22.8 Å². The first-order chi connectivity index (χ1) is 14.7. The van der Waals surface area contributed by atoms with E-state index in [1.807, 2.05) is 50.2 Å². The maximum Gasteiger partial charge on any atom is 0.0711 e. The molecule has 4 rings (SSSR count). The molecule has 146 valence electrons. The van der Waals surface area contributed by atoms with E-state index < -0.39 is 0 Å². The molecule has 2 heteroatoms. The smallest absolute Gasteiger partial charge is 0.0711 e. The summed E-state index contributed by atoms with van der Waals surface area (Å²) in [5.74, 6) is 0. The number of aliphatic imine (C=N–C) groups is 2. The van der Waals surface area contributed by atoms with Crippen molar-refractivity contribution in [1.82, 2.24) is 0 Å². The van der Waals surface area contributed by atoms with Gasteiger partial charge < -0.3 is 0 Å². The van der Waals surface area contributed by atoms with Crippen molar-refractivity contribution in [2.45, 2.75) is 13.8 Å². The molecule has 0 aliphatic rings. The third-order valence-corrected chi connectivity index (χ3v) is 5.08. The van der Waals surface area contributed by atoms with Crippen molar-refractivity contribution in [2.75, 3.05) is 0 Å². The summed E-state index contributed by atoms with van der Waals surface area (Å²) in [6.07, 6.45) is 0. The molecule has 0 aromatic heterocycles. The summed E-state index contributed by atoms with van der Waals surface area (Å²) in [5, 5.41) is 0. The van der Waals surface area contributed by atoms with E-state index in [4.69, 9.17) is 9.98 Å². The predicted molar refractivity (Wildman–Crippen MR) is 129 cm³/mol. The average molecular weight is 389 g/mol. The van der Waals surface area contributed by atoms with Crippen LogP contribution in [-0.2, 0) is 0 Å². The molecule has 4 aromatic rings. The van der Waals surface area contributed by atoms with Crippen molar-refractivity contribution in [1.29, 1.82) is 0 Å². The summed E-state index contributed by atoms with van der Waals surface area (Å²) >= 11 is 0. The Kier molecular flexibility index (Phi) is 5.95. The van der Waals surface area contributed by atoms with Crippen LogP contribution >= 0.6 is 0 Å². The van der Waals surface area contributed by atoms with E-state index >= 15 is 0 Å². The summed E-state index contributed by atoms with van der Waals surface area (Å²) in [6.45, 7) is 4.04. The van der Waals surface area contributed by atoms with Crippen molar-refractivity contribution in [3.63, 3.8) is 0 Å². The average Bonchev–Trinajstić information content (AvgIpc) is 2.81. The van der Waals surface area contributed by atoms with Gasteiger partial charge in [-0.3, -0.25) is 9.98 Å². The van der Waals surface area contributed by atoms with Crippen molar-refractivity contribution < 1.29 is 0 Å². The van der Waals surface area contributed by atoms with E-state index in [0.717, 1.165) is 45.1 Å². The van der Waals surface area contributed by atoms with E-state index in [0.29, 0.717) is 0 Å². The first-order valence-corrected chi connectivity index (χ1v) is 10.1. The second-order valence-electron chi connectivity index (χ2n) is 7.16. The highest BCUT2D eigenvalue weighted by atomic mass is 14.8. The first-order valence-electron chi connectivity index (χ1n) is 10.1. The minimum absolute atomic E-state index is 0.904. The fraction of sp³-hybridized carbons (Fsp3) is 0.0714. The zero-order valence-electron chi connectivity index (χ0n) is 17.3. The third kappa shape index (κ3) is 4.44. The Morgan fingerprint density at radius 2 is 0.767 bits per heavy atom. The highest BCUT2D eigenvalue weighted by molar-refractivity contribution is 6.41. The molecule has 0 bridgehead atoms. The van der Waals surface area contributed by atoms with Gasteiger partial charge in [-0.05, 0) is 37.1 Å². The minimum atomic E-state index is 0.904. The zero-order valence-corrected chi connectivity index (χ0v) is 17.3. The van der Waals surface area contributed by atoms with Crippen LogP contribution in [0.3, 0.4) is 0 Å². The standard InChI is InChI=1S/C28H24N2/c1-21(29-27-19-11-9-17-25(27)23-13-5-3-6-14-23)22(2)30-28-20-12-10-18-26(28)24-15-7-4-8-16-24/h3-20H,1-2H3. The molecule has 0 spiro atoms. The van der Waals surface area contributed by atoms with Crippen LogP contribution in [0, 0.1) is 0 Å². The molecule has 0 aliphatic heterocycles. The van der Waals surface area contributed by atoms with E-state index in [-0.39, 0.29) is 0 Å². The van der Waals surface area contributed by atoms with Gasteiger partial charge in [0.25, 0.3) is 0 Å². The van der Waals surface area contributed by atoms with Gasteiger partial charge in [-0.15, -0.1) is 0 Å². The molecule has 4 aromatic carbocycles. The quantitative estimate of drug-likeness (QED) is 0.310. The van der Waals surface area contributed by atoms with Crippen LogP contribution in [0.25, 0.3) is 22.3 Å². The SMILES string of the molecule is CC(=Nc1ccccc1-c1ccccc1)C(C)=Nc1ccccc1-c1ccccc1. The summed E-state index contributed by atoms with van der Waals surface area (Å²) < 4.78 is 0. The maximum atomic E-state index is 4.92. The van der Waals surface area contributed by atoms with Crippen LogP contribution in [0.2, 0.25) is 0 Å². The van der Waals surface area contributed by atoms with Gasteiger partial charge in [0, 0.05) is 11.1 Å². The molecule has 0 aliphatic carbocycles. The monoisotopic (exact) mass is 388 g/mol. The molecular formula is C28H24N2. The van der Waals surface area contributed by atoms with Gasteiger partial charge in [0.1, 0.15) is 0 Å². The maximum absolute atomic E-state index is 4.92. The predicted octanol–water partition coefficient (Wildman–Crippen LogP) is 7.91. The second-order valence-corrected chi connectivity index (χ2v) is 7.16. The first kappa shape index (κ1) is 19.5. The van der Waals surface area contributed by atoms with Crippen molar-refractivity contribution >= 4 is 22.8 Å². The number of para-hydroxylation sites is 2. The highest BCUT2D eigenvalue weighted by Gasteiger charge is 2.07. The van der Waals surface area contributed by atoms with Crippen LogP contribution in [0.4, 0.5) is 11.4 Å². The van der Waals surface area contributed by atoms with Gasteiger partial charge in [-0.25, -0.2) is 0 Å². The third-order valence-electron chi connectivity index (χ3n) is 5.08. The number of rotatable bonds is 5. The molecule has 0 saturated heterocycles. The summed E-state index contributed by atoms with van der Waals surface area (Å²) in [6, 6.07) is 37.2. The number of hydrogen-bond donors (Lipinski definition) is 0. The van der Waals surface area contributed by atoms with Crippen molar-refractivity contribution in [3.05, 3.63) is 109 Å². The van der Waals surface area contributed by atoms with Crippen LogP contribution in [-0.4, -0.2) is 11.4 Å². The highest BCUT2D eigenvalue weighted by Crippen LogP contribution is 2.32. The lowest BCUT2D eigenvalue weighted by atomic mass is 10.0. The van der Waals surface area contributed by atoms with Crippen LogP contribution < -0.4 is 0 Å². The summed E-state index contributed by atoms with van der Waals surface area (Å²) in [5.41, 5.74) is 8.27. The van der Waals surface area contributed by atoms with E-state index in [2.05, 4.69) is 72.8 Å². The van der Waals surface area contributed by atoms with Crippen LogP contribution in [0.5, 0.6) is 0 Å². The minimum Gasteiger partial charge on any atom is -0.251 e. The van der Waals surface area contributed by atoms with Gasteiger partial charge in [-0.2, -0.15) is 0 Å². The molecule has 0 N–H and O–H groups in total. The number of nitrogens with zero attached hydrogens (tertiary/aromatic N) is 2. The second kappa shape index (κ2) is 9.15. The van der Waals surface area contributed by atoms with Crippen molar-refractivity contribution in [3.8, 4) is 22.3 Å². The Balaban J connectivity index is 1.70. The Bertz CT molecular complexity index is 1090. The van der Waals surface area contributed by atoms with Gasteiger partial charge in [0.15, 0.2) is 0 Å². The lowest BCUT2D eigenvalue weighted by Crippen LogP contribution is -2.04. The molecule has 0 amide bonds. The van der Waals surface area contributed by atoms with E-state index in [1.165, 1.54) is 0 Å². The van der Waals surface area contributed by atoms with Crippen LogP contribution in [0.1, 0.15) is 13.8 Å². The molecular weight excluding hydrogens is 364 g/mol. The summed E-state index contributed by atoms with van der Waals surface area (Å²) in [4.78, 5) is 9.84. The van der Waals surface area contributed by atoms with Crippen LogP contribution in [0.15, 0.2) is 119 Å². The van der Waals surface area contributed by atoms with E-state index in [1.54, 1.807) is 0 Å². The zero-order chi connectivity index (χ0) is 20.8. The topological polar surface area (TPSA) is 24.7 Å². The molecule has 2 nitrogen and oxygen atoms in total. The largest absolute Gasteiger partial charge is 0.251 e. The normalized spacial score (nSPS) is 12.1. The van der Waals surface area contributed by atoms with Crippen molar-refractivity contribution in [2.24, 2.45) is 9.98 Å². The fourth-order valence-corrected chi connectivity index (χ4v) is 3.39. The molecule has 0 radical (unpaired) electrons. The Morgan fingerprint density at radius 1 is 0.433 bits per heavy atom. The Labute approximate surface area is 178 Å². The molecule has 0 fully saturated rings.